The van der Waals surface area contributed by atoms with Gasteiger partial charge in [-0.2, -0.15) is 0 Å². The van der Waals surface area contributed by atoms with Crippen molar-refractivity contribution in [2.45, 2.75) is 32.8 Å². The molecule has 0 aromatic carbocycles. The van der Waals surface area contributed by atoms with Crippen molar-refractivity contribution < 1.29 is 14.3 Å². The summed E-state index contributed by atoms with van der Waals surface area (Å²) in [5, 5.41) is 0. The second kappa shape index (κ2) is 3.22. The van der Waals surface area contributed by atoms with Crippen molar-refractivity contribution in [3.8, 4) is 0 Å². The van der Waals surface area contributed by atoms with Crippen LogP contribution in [-0.4, -0.2) is 35.5 Å². The van der Waals surface area contributed by atoms with Crippen molar-refractivity contribution in [2.75, 3.05) is 13.1 Å². The van der Waals surface area contributed by atoms with Gasteiger partial charge in [-0.15, -0.1) is 0 Å². The lowest BCUT2D eigenvalue weighted by Gasteiger charge is -2.25. The van der Waals surface area contributed by atoms with Gasteiger partial charge in [0.05, 0.1) is 0 Å². The van der Waals surface area contributed by atoms with E-state index < -0.39 is 5.60 Å². The lowest BCUT2D eigenvalue weighted by Crippen LogP contribution is -2.36. The van der Waals surface area contributed by atoms with E-state index in [1.807, 2.05) is 20.8 Å². The van der Waals surface area contributed by atoms with Gasteiger partial charge in [-0.25, -0.2) is 4.79 Å². The summed E-state index contributed by atoms with van der Waals surface area (Å²) in [6.45, 7) is 6.78. The second-order valence-corrected chi connectivity index (χ2v) is 5.42. The van der Waals surface area contributed by atoms with Crippen LogP contribution < -0.4 is 0 Å². The topological polar surface area (TPSA) is 46.6 Å². The van der Waals surface area contributed by atoms with Crippen LogP contribution in [0, 0.1) is 11.8 Å². The third-order valence-corrected chi connectivity index (χ3v) is 2.97. The molecular weight excluding hydrogens is 194 g/mol. The fourth-order valence-corrected chi connectivity index (χ4v) is 2.17. The van der Waals surface area contributed by atoms with Crippen molar-refractivity contribution >= 4 is 11.9 Å². The van der Waals surface area contributed by atoms with E-state index in [2.05, 4.69) is 0 Å². The maximum atomic E-state index is 11.7. The Hall–Kier alpha value is -1.06. The van der Waals surface area contributed by atoms with E-state index in [-0.39, 0.29) is 12.0 Å². The summed E-state index contributed by atoms with van der Waals surface area (Å²) >= 11 is 0. The minimum Gasteiger partial charge on any atom is -0.444 e. The van der Waals surface area contributed by atoms with Crippen LogP contribution in [0.3, 0.4) is 0 Å². The number of rotatable bonds is 0. The van der Waals surface area contributed by atoms with Crippen LogP contribution in [-0.2, 0) is 9.53 Å². The van der Waals surface area contributed by atoms with Gasteiger partial charge < -0.3 is 9.64 Å². The lowest BCUT2D eigenvalue weighted by atomic mass is 9.75. The van der Waals surface area contributed by atoms with Crippen LogP contribution in [0.5, 0.6) is 0 Å². The molecule has 2 rings (SSSR count). The largest absolute Gasteiger partial charge is 0.444 e. The Kier molecular flexibility index (Phi) is 2.24. The molecular formula is C11H17NO3. The van der Waals surface area contributed by atoms with Crippen molar-refractivity contribution in [3.05, 3.63) is 0 Å². The molecule has 15 heavy (non-hydrogen) atoms. The second-order valence-electron chi connectivity index (χ2n) is 5.42. The molecule has 0 N–H and O–H groups in total. The van der Waals surface area contributed by atoms with Gasteiger partial charge in [-0.3, -0.25) is 4.79 Å². The molecule has 0 unspecified atom stereocenters. The fourth-order valence-electron chi connectivity index (χ4n) is 2.17. The highest BCUT2D eigenvalue weighted by atomic mass is 16.6. The molecule has 0 radical (unpaired) electrons. The Morgan fingerprint density at radius 1 is 1.40 bits per heavy atom. The first-order valence-corrected chi connectivity index (χ1v) is 5.37. The number of ether oxygens (including phenoxy) is 1. The summed E-state index contributed by atoms with van der Waals surface area (Å²) in [6, 6.07) is 0. The molecule has 1 aliphatic heterocycles. The lowest BCUT2D eigenvalue weighted by molar-refractivity contribution is -0.131. The third-order valence-electron chi connectivity index (χ3n) is 2.97. The molecule has 1 saturated heterocycles. The van der Waals surface area contributed by atoms with E-state index in [9.17, 15) is 9.59 Å². The molecule has 1 heterocycles. The minimum absolute atomic E-state index is 0.0949. The van der Waals surface area contributed by atoms with Crippen LogP contribution in [0.2, 0.25) is 0 Å². The summed E-state index contributed by atoms with van der Waals surface area (Å²) in [5.41, 5.74) is -0.456. The molecule has 4 heteroatoms. The molecule has 0 spiro atoms. The number of hydrogen-bond donors (Lipinski definition) is 0. The Labute approximate surface area is 89.6 Å². The highest BCUT2D eigenvalue weighted by Gasteiger charge is 2.48. The standard InChI is InChI=1S/C11H17NO3/c1-11(2,3)15-10(14)12-5-7-4-9(13)8(7)6-12/h7-8H,4-6H2,1-3H3/t7-,8+/m1/s1. The van der Waals surface area contributed by atoms with Crippen LogP contribution in [0.25, 0.3) is 0 Å². The summed E-state index contributed by atoms with van der Waals surface area (Å²) < 4.78 is 5.26. The minimum atomic E-state index is -0.456. The van der Waals surface area contributed by atoms with Crippen LogP contribution in [0.15, 0.2) is 0 Å². The first-order chi connectivity index (χ1) is 6.87. The Morgan fingerprint density at radius 3 is 2.53 bits per heavy atom. The number of nitrogens with zero attached hydrogens (tertiary/aromatic N) is 1. The Morgan fingerprint density at radius 2 is 2.07 bits per heavy atom. The van der Waals surface area contributed by atoms with Crippen molar-refractivity contribution in [1.29, 1.82) is 0 Å². The Bertz CT molecular complexity index is 305. The number of ketones is 1. The molecule has 0 bridgehead atoms. The SMILES string of the molecule is CC(C)(C)OC(=O)N1C[C@H]2CC(=O)[C@H]2C1. The normalized spacial score (nSPS) is 29.8. The Balaban J connectivity index is 1.91. The molecule has 0 aromatic heterocycles. The molecule has 2 fully saturated rings. The number of carbonyl (C=O) groups excluding carboxylic acids is 2. The zero-order chi connectivity index (χ0) is 11.2. The average Bonchev–Trinajstić information content (AvgIpc) is 2.39. The summed E-state index contributed by atoms with van der Waals surface area (Å²) in [4.78, 5) is 24.5. The highest BCUT2D eigenvalue weighted by molar-refractivity contribution is 5.89. The monoisotopic (exact) mass is 211 g/mol. The van der Waals surface area contributed by atoms with Gasteiger partial charge in [0.15, 0.2) is 0 Å². The molecule has 84 valence electrons. The van der Waals surface area contributed by atoms with Crippen molar-refractivity contribution in [3.63, 3.8) is 0 Å². The van der Waals surface area contributed by atoms with Gasteiger partial charge in [0, 0.05) is 25.4 Å². The van der Waals surface area contributed by atoms with Crippen molar-refractivity contribution in [2.24, 2.45) is 11.8 Å². The molecule has 0 aromatic rings. The van der Waals surface area contributed by atoms with E-state index in [0.29, 0.717) is 31.2 Å². The molecule has 2 atom stereocenters. The fraction of sp³-hybridized carbons (Fsp3) is 0.818. The van der Waals surface area contributed by atoms with E-state index in [4.69, 9.17) is 4.74 Å². The van der Waals surface area contributed by atoms with Gasteiger partial charge in [-0.05, 0) is 26.7 Å². The number of hydrogen-bond acceptors (Lipinski definition) is 3. The summed E-state index contributed by atoms with van der Waals surface area (Å²) in [5.74, 6) is 0.786. The number of likely N-dealkylation sites (tertiary alicyclic amines) is 1. The van der Waals surface area contributed by atoms with Crippen LogP contribution >= 0.6 is 0 Å². The number of fused-ring (bicyclic) bond motifs is 1. The van der Waals surface area contributed by atoms with E-state index in [0.717, 1.165) is 0 Å². The predicted octanol–water partition coefficient (Wildman–Crippen LogP) is 1.44. The van der Waals surface area contributed by atoms with Gasteiger partial charge in [0.1, 0.15) is 11.4 Å². The van der Waals surface area contributed by atoms with Crippen LogP contribution in [0.1, 0.15) is 27.2 Å². The maximum absolute atomic E-state index is 11.7. The number of carbonyl (C=O) groups is 2. The van der Waals surface area contributed by atoms with Gasteiger partial charge >= 0.3 is 6.09 Å². The van der Waals surface area contributed by atoms with Gasteiger partial charge in [0.2, 0.25) is 0 Å². The molecule has 4 nitrogen and oxygen atoms in total. The van der Waals surface area contributed by atoms with Gasteiger partial charge in [-0.1, -0.05) is 0 Å². The first-order valence-electron chi connectivity index (χ1n) is 5.37. The molecule has 1 saturated carbocycles. The van der Waals surface area contributed by atoms with E-state index in [1.54, 1.807) is 4.90 Å². The van der Waals surface area contributed by atoms with E-state index in [1.165, 1.54) is 0 Å². The van der Waals surface area contributed by atoms with Crippen molar-refractivity contribution in [1.82, 2.24) is 4.90 Å². The predicted molar refractivity (Wildman–Crippen MR) is 54.4 cm³/mol. The van der Waals surface area contributed by atoms with E-state index >= 15 is 0 Å². The first kappa shape index (κ1) is 10.5. The molecule has 1 aliphatic carbocycles. The zero-order valence-electron chi connectivity index (χ0n) is 9.45. The highest BCUT2D eigenvalue weighted by Crippen LogP contribution is 2.37. The van der Waals surface area contributed by atoms with Gasteiger partial charge in [0.25, 0.3) is 0 Å². The third kappa shape index (κ3) is 1.98. The average molecular weight is 211 g/mol. The quantitative estimate of drug-likeness (QED) is 0.609. The molecule has 1 amide bonds. The maximum Gasteiger partial charge on any atom is 0.410 e. The summed E-state index contributed by atoms with van der Waals surface area (Å²) in [7, 11) is 0. The van der Waals surface area contributed by atoms with Crippen LogP contribution in [0.4, 0.5) is 4.79 Å². The summed E-state index contributed by atoms with van der Waals surface area (Å²) in [6.07, 6.45) is 0.356. The zero-order valence-corrected chi connectivity index (χ0v) is 9.45. The number of Topliss-reactive ketones (excluding diaryl/α,β-unsaturated/α-hetero) is 1. The number of amides is 1. The smallest absolute Gasteiger partial charge is 0.410 e. The molecule has 2 aliphatic rings.